The summed E-state index contributed by atoms with van der Waals surface area (Å²) in [5.41, 5.74) is 3.65. The van der Waals surface area contributed by atoms with E-state index >= 15 is 0 Å². The van der Waals surface area contributed by atoms with Crippen LogP contribution in [-0.4, -0.2) is 67.8 Å². The third-order valence-electron chi connectivity index (χ3n) is 7.41. The molecular formula is C28H30N4O5. The Morgan fingerprint density at radius 3 is 2.62 bits per heavy atom. The van der Waals surface area contributed by atoms with Gasteiger partial charge in [-0.15, -0.1) is 0 Å². The first kappa shape index (κ1) is 23.5. The number of rotatable bonds is 6. The van der Waals surface area contributed by atoms with Crippen LogP contribution in [0.1, 0.15) is 39.5 Å². The monoisotopic (exact) mass is 502 g/mol. The molecule has 37 heavy (non-hydrogen) atoms. The third kappa shape index (κ3) is 4.67. The molecule has 0 bridgehead atoms. The van der Waals surface area contributed by atoms with Crippen molar-refractivity contribution in [3.8, 4) is 23.0 Å². The minimum atomic E-state index is 0.00199. The van der Waals surface area contributed by atoms with E-state index in [4.69, 9.17) is 23.9 Å². The van der Waals surface area contributed by atoms with Gasteiger partial charge in [0.2, 0.25) is 12.7 Å². The predicted octanol–water partition coefficient (Wildman–Crippen LogP) is 3.46. The fraction of sp³-hybridized carbons (Fsp3) is 0.393. The molecule has 6 rings (SSSR count). The second-order valence-corrected chi connectivity index (χ2v) is 9.62. The highest BCUT2D eigenvalue weighted by Crippen LogP contribution is 2.38. The third-order valence-corrected chi connectivity index (χ3v) is 7.41. The van der Waals surface area contributed by atoms with Crippen molar-refractivity contribution < 1.29 is 23.7 Å². The molecule has 192 valence electrons. The Bertz CT molecular complexity index is 1320. The largest absolute Gasteiger partial charge is 0.497 e. The van der Waals surface area contributed by atoms with Crippen LogP contribution in [0.4, 0.5) is 5.95 Å². The lowest BCUT2D eigenvalue weighted by Gasteiger charge is -2.35. The van der Waals surface area contributed by atoms with E-state index in [2.05, 4.69) is 26.9 Å². The zero-order valence-electron chi connectivity index (χ0n) is 21.1. The first-order valence-corrected chi connectivity index (χ1v) is 12.6. The van der Waals surface area contributed by atoms with E-state index in [1.165, 1.54) is 5.56 Å². The zero-order valence-corrected chi connectivity index (χ0v) is 21.1. The van der Waals surface area contributed by atoms with Crippen molar-refractivity contribution in [2.45, 2.75) is 25.3 Å². The number of ether oxygens (including phenoxy) is 4. The lowest BCUT2D eigenvalue weighted by molar-refractivity contribution is 0.0962. The first-order valence-electron chi connectivity index (χ1n) is 12.6. The van der Waals surface area contributed by atoms with Crippen molar-refractivity contribution in [2.75, 3.05) is 52.1 Å². The molecule has 1 saturated heterocycles. The van der Waals surface area contributed by atoms with Gasteiger partial charge in [-0.3, -0.25) is 9.69 Å². The van der Waals surface area contributed by atoms with Crippen molar-refractivity contribution >= 4 is 11.7 Å². The van der Waals surface area contributed by atoms with E-state index in [0.29, 0.717) is 24.4 Å². The number of benzene rings is 2. The van der Waals surface area contributed by atoms with Gasteiger partial charge in [0.1, 0.15) is 11.5 Å². The molecule has 3 heterocycles. The standard InChI is InChI=1S/C28H30N4O5/c1-34-20-4-5-21(26(14-20)35-2)19-12-23-22(24(33)13-19)15-29-28(30-23)32-9-7-31(8-10-32)16-18-3-6-25-27(11-18)37-17-36-25/h3-6,11,14-15,19H,7-10,12-13,16-17H2,1-2H3/t19-/m0/s1. The van der Waals surface area contributed by atoms with Crippen LogP contribution in [0.25, 0.3) is 0 Å². The molecule has 0 N–H and O–H groups in total. The summed E-state index contributed by atoms with van der Waals surface area (Å²) >= 11 is 0. The molecule has 2 aliphatic heterocycles. The molecule has 3 aromatic rings. The lowest BCUT2D eigenvalue weighted by atomic mass is 9.82. The van der Waals surface area contributed by atoms with Gasteiger partial charge in [0.15, 0.2) is 17.3 Å². The maximum Gasteiger partial charge on any atom is 0.231 e. The van der Waals surface area contributed by atoms with Gasteiger partial charge in [-0.25, -0.2) is 9.97 Å². The minimum Gasteiger partial charge on any atom is -0.497 e. The molecule has 0 radical (unpaired) electrons. The van der Waals surface area contributed by atoms with Gasteiger partial charge in [0.25, 0.3) is 0 Å². The molecule has 3 aliphatic rings. The van der Waals surface area contributed by atoms with E-state index < -0.39 is 0 Å². The molecule has 0 unspecified atom stereocenters. The fourth-order valence-corrected chi connectivity index (χ4v) is 5.37. The average Bonchev–Trinajstić information content (AvgIpc) is 3.41. The van der Waals surface area contributed by atoms with Gasteiger partial charge >= 0.3 is 0 Å². The number of aromatic nitrogens is 2. The first-order chi connectivity index (χ1) is 18.1. The highest BCUT2D eigenvalue weighted by atomic mass is 16.7. The van der Waals surface area contributed by atoms with Crippen LogP contribution in [0.2, 0.25) is 0 Å². The Labute approximate surface area is 215 Å². The molecule has 0 spiro atoms. The van der Waals surface area contributed by atoms with Gasteiger partial charge in [-0.05, 0) is 35.7 Å². The topological polar surface area (TPSA) is 86.3 Å². The number of methoxy groups -OCH3 is 2. The summed E-state index contributed by atoms with van der Waals surface area (Å²) in [5.74, 6) is 3.85. The van der Waals surface area contributed by atoms with Crippen LogP contribution < -0.4 is 23.8 Å². The zero-order chi connectivity index (χ0) is 25.4. The Kier molecular flexibility index (Phi) is 6.30. The van der Waals surface area contributed by atoms with E-state index in [9.17, 15) is 4.79 Å². The number of anilines is 1. The van der Waals surface area contributed by atoms with Crippen molar-refractivity contribution in [1.82, 2.24) is 14.9 Å². The molecule has 1 aliphatic carbocycles. The van der Waals surface area contributed by atoms with Crippen LogP contribution in [-0.2, 0) is 13.0 Å². The van der Waals surface area contributed by atoms with Gasteiger partial charge in [0, 0.05) is 57.3 Å². The van der Waals surface area contributed by atoms with Crippen LogP contribution in [0.5, 0.6) is 23.0 Å². The maximum absolute atomic E-state index is 13.0. The summed E-state index contributed by atoms with van der Waals surface area (Å²) in [7, 11) is 3.27. The second kappa shape index (κ2) is 9.89. The Hall–Kier alpha value is -3.85. The van der Waals surface area contributed by atoms with Crippen molar-refractivity contribution in [3.63, 3.8) is 0 Å². The molecular weight excluding hydrogens is 472 g/mol. The second-order valence-electron chi connectivity index (χ2n) is 9.62. The smallest absolute Gasteiger partial charge is 0.231 e. The number of hydrogen-bond donors (Lipinski definition) is 0. The van der Waals surface area contributed by atoms with Crippen LogP contribution in [0.15, 0.2) is 42.6 Å². The molecule has 1 atom stereocenters. The number of nitrogens with zero attached hydrogens (tertiary/aromatic N) is 4. The highest BCUT2D eigenvalue weighted by Gasteiger charge is 2.31. The van der Waals surface area contributed by atoms with Crippen molar-refractivity contribution in [1.29, 1.82) is 0 Å². The fourth-order valence-electron chi connectivity index (χ4n) is 5.37. The van der Waals surface area contributed by atoms with E-state index in [0.717, 1.165) is 67.0 Å². The van der Waals surface area contributed by atoms with E-state index in [1.807, 2.05) is 24.3 Å². The number of piperazine rings is 1. The van der Waals surface area contributed by atoms with Crippen LogP contribution in [0, 0.1) is 0 Å². The lowest BCUT2D eigenvalue weighted by Crippen LogP contribution is -2.46. The van der Waals surface area contributed by atoms with Crippen LogP contribution >= 0.6 is 0 Å². The van der Waals surface area contributed by atoms with Gasteiger partial charge in [-0.1, -0.05) is 12.1 Å². The maximum atomic E-state index is 13.0. The SMILES string of the molecule is COc1ccc([C@@H]2CC(=O)c3cnc(N4CCN(Cc5ccc6c(c5)OCO6)CC4)nc3C2)c(OC)c1. The summed E-state index contributed by atoms with van der Waals surface area (Å²) in [5, 5.41) is 0. The van der Waals surface area contributed by atoms with Crippen molar-refractivity contribution in [2.24, 2.45) is 0 Å². The molecule has 1 aromatic heterocycles. The molecule has 0 saturated carbocycles. The molecule has 0 amide bonds. The molecule has 9 heteroatoms. The normalized spacial score (nSPS) is 19.0. The van der Waals surface area contributed by atoms with Gasteiger partial charge in [-0.2, -0.15) is 0 Å². The van der Waals surface area contributed by atoms with E-state index in [-0.39, 0.29) is 18.5 Å². The number of fused-ring (bicyclic) bond motifs is 2. The molecule has 9 nitrogen and oxygen atoms in total. The van der Waals surface area contributed by atoms with Crippen LogP contribution in [0.3, 0.4) is 0 Å². The average molecular weight is 503 g/mol. The Morgan fingerprint density at radius 2 is 1.81 bits per heavy atom. The van der Waals surface area contributed by atoms with Gasteiger partial charge in [0.05, 0.1) is 25.5 Å². The predicted molar refractivity (Wildman–Crippen MR) is 137 cm³/mol. The molecule has 1 fully saturated rings. The Balaban J connectivity index is 1.14. The summed E-state index contributed by atoms with van der Waals surface area (Å²) < 4.78 is 21.9. The summed E-state index contributed by atoms with van der Waals surface area (Å²) in [4.78, 5) is 27.1. The minimum absolute atomic E-state index is 0.00199. The Morgan fingerprint density at radius 1 is 0.973 bits per heavy atom. The number of ketones is 1. The summed E-state index contributed by atoms with van der Waals surface area (Å²) in [6.07, 6.45) is 2.79. The quantitative estimate of drug-likeness (QED) is 0.503. The van der Waals surface area contributed by atoms with E-state index in [1.54, 1.807) is 20.4 Å². The highest BCUT2D eigenvalue weighted by molar-refractivity contribution is 5.98. The number of Topliss-reactive ketones (excluding diaryl/α,β-unsaturated/α-hetero) is 1. The number of hydrogen-bond acceptors (Lipinski definition) is 9. The van der Waals surface area contributed by atoms with Gasteiger partial charge < -0.3 is 23.8 Å². The number of carbonyl (C=O) groups excluding carboxylic acids is 1. The number of carbonyl (C=O) groups is 1. The summed E-state index contributed by atoms with van der Waals surface area (Å²) in [6, 6.07) is 11.9. The molecule has 2 aromatic carbocycles. The van der Waals surface area contributed by atoms with Crippen molar-refractivity contribution in [3.05, 3.63) is 65.0 Å². The summed E-state index contributed by atoms with van der Waals surface area (Å²) in [6.45, 7) is 4.60.